The second-order valence-corrected chi connectivity index (χ2v) is 3.74. The predicted molar refractivity (Wildman–Crippen MR) is 58.9 cm³/mol. The summed E-state index contributed by atoms with van der Waals surface area (Å²) >= 11 is 0. The summed E-state index contributed by atoms with van der Waals surface area (Å²) in [5.74, 6) is -1.80. The van der Waals surface area contributed by atoms with Gasteiger partial charge >= 0.3 is 6.18 Å². The van der Waals surface area contributed by atoms with E-state index in [2.05, 4.69) is 5.32 Å². The van der Waals surface area contributed by atoms with Gasteiger partial charge in [0.05, 0.1) is 5.92 Å². The van der Waals surface area contributed by atoms with Gasteiger partial charge in [0, 0.05) is 12.1 Å². The van der Waals surface area contributed by atoms with E-state index in [0.717, 1.165) is 6.92 Å². The first-order chi connectivity index (χ1) is 7.86. The van der Waals surface area contributed by atoms with Crippen LogP contribution in [-0.4, -0.2) is 18.6 Å². The molecule has 0 bridgehead atoms. The van der Waals surface area contributed by atoms with E-state index in [1.165, 1.54) is 24.3 Å². The summed E-state index contributed by atoms with van der Waals surface area (Å²) in [7, 11) is 0. The van der Waals surface area contributed by atoms with Gasteiger partial charge in [-0.05, 0) is 31.5 Å². The minimum absolute atomic E-state index is 0.158. The molecule has 1 amide bonds. The number of benzene rings is 1. The molecule has 1 N–H and O–H groups in total. The number of hydrogen-bond acceptors (Lipinski definition) is 1. The summed E-state index contributed by atoms with van der Waals surface area (Å²) in [6.45, 7) is 3.36. The molecule has 0 aliphatic carbocycles. The highest BCUT2D eigenvalue weighted by atomic mass is 19.4. The average Bonchev–Trinajstić information content (AvgIpc) is 2.27. The molecule has 0 aliphatic heterocycles. The summed E-state index contributed by atoms with van der Waals surface area (Å²) < 4.78 is 37.3. The topological polar surface area (TPSA) is 29.1 Å². The van der Waals surface area contributed by atoms with Crippen molar-refractivity contribution in [1.82, 2.24) is 5.32 Å². The molecular weight excluding hydrogens is 231 g/mol. The van der Waals surface area contributed by atoms with Gasteiger partial charge < -0.3 is 5.32 Å². The van der Waals surface area contributed by atoms with Gasteiger partial charge in [0.15, 0.2) is 0 Å². The van der Waals surface area contributed by atoms with Crippen molar-refractivity contribution in [3.8, 4) is 0 Å². The number of hydrogen-bond donors (Lipinski definition) is 1. The van der Waals surface area contributed by atoms with Gasteiger partial charge in [0.2, 0.25) is 0 Å². The highest BCUT2D eigenvalue weighted by molar-refractivity contribution is 5.94. The lowest BCUT2D eigenvalue weighted by atomic mass is 9.99. The van der Waals surface area contributed by atoms with Crippen LogP contribution >= 0.6 is 0 Å². The minimum Gasteiger partial charge on any atom is -0.352 e. The van der Waals surface area contributed by atoms with E-state index in [1.807, 2.05) is 0 Å². The monoisotopic (exact) mass is 245 g/mol. The summed E-state index contributed by atoms with van der Waals surface area (Å²) in [5.41, 5.74) is 0.524. The fourth-order valence-electron chi connectivity index (χ4n) is 1.37. The Morgan fingerprint density at radius 1 is 1.29 bits per heavy atom. The molecule has 0 saturated carbocycles. The number of rotatable bonds is 3. The molecule has 0 saturated heterocycles. The van der Waals surface area contributed by atoms with Gasteiger partial charge in [0.1, 0.15) is 0 Å². The summed E-state index contributed by atoms with van der Waals surface area (Å²) in [6.07, 6.45) is -4.26. The van der Waals surface area contributed by atoms with E-state index < -0.39 is 12.1 Å². The molecule has 0 heterocycles. The van der Waals surface area contributed by atoms with Crippen molar-refractivity contribution in [3.05, 3.63) is 35.4 Å². The third-order valence-electron chi connectivity index (χ3n) is 2.50. The summed E-state index contributed by atoms with van der Waals surface area (Å²) in [5, 5.41) is 2.58. The maximum Gasteiger partial charge on any atom is 0.395 e. The Hall–Kier alpha value is -1.52. The zero-order valence-electron chi connectivity index (χ0n) is 9.64. The molecule has 1 aromatic carbocycles. The minimum atomic E-state index is -4.26. The molecule has 5 heteroatoms. The van der Waals surface area contributed by atoms with Gasteiger partial charge in [-0.1, -0.05) is 12.1 Å². The largest absolute Gasteiger partial charge is 0.395 e. The molecule has 0 aromatic heterocycles. The highest BCUT2D eigenvalue weighted by Crippen LogP contribution is 2.34. The second kappa shape index (κ2) is 5.21. The van der Waals surface area contributed by atoms with Crippen LogP contribution in [0.3, 0.4) is 0 Å². The number of carbonyl (C=O) groups is 1. The Bertz CT molecular complexity index is 384. The molecule has 1 unspecified atom stereocenters. The van der Waals surface area contributed by atoms with Crippen LogP contribution in [0.5, 0.6) is 0 Å². The molecule has 0 fully saturated rings. The van der Waals surface area contributed by atoms with Gasteiger partial charge in [0.25, 0.3) is 5.91 Å². The van der Waals surface area contributed by atoms with Crippen LogP contribution in [0.1, 0.15) is 35.7 Å². The first-order valence-corrected chi connectivity index (χ1v) is 5.31. The van der Waals surface area contributed by atoms with Crippen LogP contribution < -0.4 is 5.32 Å². The van der Waals surface area contributed by atoms with Crippen LogP contribution in [-0.2, 0) is 0 Å². The van der Waals surface area contributed by atoms with Crippen molar-refractivity contribution >= 4 is 5.91 Å². The maximum absolute atomic E-state index is 12.4. The Morgan fingerprint density at radius 2 is 1.82 bits per heavy atom. The third-order valence-corrected chi connectivity index (χ3v) is 2.50. The number of halogens is 3. The summed E-state index contributed by atoms with van der Waals surface area (Å²) in [6, 6.07) is 5.48. The number of carbonyl (C=O) groups excluding carboxylic acids is 1. The fraction of sp³-hybridized carbons (Fsp3) is 0.417. The maximum atomic E-state index is 12.4. The van der Waals surface area contributed by atoms with Crippen LogP contribution in [0.2, 0.25) is 0 Å². The Morgan fingerprint density at radius 3 is 2.24 bits per heavy atom. The van der Waals surface area contributed by atoms with Crippen molar-refractivity contribution < 1.29 is 18.0 Å². The lowest BCUT2D eigenvalue weighted by Crippen LogP contribution is -2.23. The molecular formula is C12H14F3NO. The zero-order valence-corrected chi connectivity index (χ0v) is 9.64. The van der Waals surface area contributed by atoms with E-state index >= 15 is 0 Å². The Kier molecular flexibility index (Phi) is 4.15. The van der Waals surface area contributed by atoms with E-state index in [-0.39, 0.29) is 11.5 Å². The molecule has 94 valence electrons. The average molecular weight is 245 g/mol. The van der Waals surface area contributed by atoms with E-state index in [4.69, 9.17) is 0 Å². The lowest BCUT2D eigenvalue weighted by Gasteiger charge is -2.16. The van der Waals surface area contributed by atoms with Crippen LogP contribution in [0.15, 0.2) is 24.3 Å². The van der Waals surface area contributed by atoms with Crippen LogP contribution in [0.25, 0.3) is 0 Å². The van der Waals surface area contributed by atoms with Gasteiger partial charge in [-0.15, -0.1) is 0 Å². The lowest BCUT2D eigenvalue weighted by molar-refractivity contribution is -0.146. The first-order valence-electron chi connectivity index (χ1n) is 5.31. The molecule has 1 atom stereocenters. The van der Waals surface area contributed by atoms with E-state index in [9.17, 15) is 18.0 Å². The van der Waals surface area contributed by atoms with Crippen molar-refractivity contribution in [2.75, 3.05) is 6.54 Å². The number of alkyl halides is 3. The van der Waals surface area contributed by atoms with Crippen LogP contribution in [0.4, 0.5) is 13.2 Å². The quantitative estimate of drug-likeness (QED) is 0.871. The van der Waals surface area contributed by atoms with Crippen molar-refractivity contribution in [1.29, 1.82) is 0 Å². The van der Waals surface area contributed by atoms with Crippen LogP contribution in [0, 0.1) is 0 Å². The highest BCUT2D eigenvalue weighted by Gasteiger charge is 2.36. The van der Waals surface area contributed by atoms with Gasteiger partial charge in [-0.25, -0.2) is 0 Å². The molecule has 0 spiro atoms. The second-order valence-electron chi connectivity index (χ2n) is 3.74. The molecule has 2 nitrogen and oxygen atoms in total. The smallest absolute Gasteiger partial charge is 0.352 e. The summed E-state index contributed by atoms with van der Waals surface area (Å²) in [4.78, 5) is 11.4. The molecule has 17 heavy (non-hydrogen) atoms. The third kappa shape index (κ3) is 3.47. The number of nitrogens with one attached hydrogen (secondary N) is 1. The normalized spacial score (nSPS) is 13.2. The van der Waals surface area contributed by atoms with Gasteiger partial charge in [-0.2, -0.15) is 13.2 Å². The van der Waals surface area contributed by atoms with Crippen molar-refractivity contribution in [3.63, 3.8) is 0 Å². The fourth-order valence-corrected chi connectivity index (χ4v) is 1.37. The van der Waals surface area contributed by atoms with E-state index in [1.54, 1.807) is 6.92 Å². The Balaban J connectivity index is 2.85. The van der Waals surface area contributed by atoms with E-state index in [0.29, 0.717) is 12.1 Å². The molecule has 1 rings (SSSR count). The van der Waals surface area contributed by atoms with Crippen molar-refractivity contribution in [2.45, 2.75) is 25.9 Å². The standard InChI is InChI=1S/C12H14F3NO/c1-3-16-11(17)10-6-4-9(5-7-10)8(2)12(13,14)15/h4-8H,3H2,1-2H3,(H,16,17). The zero-order chi connectivity index (χ0) is 13.1. The Labute approximate surface area is 97.8 Å². The van der Waals surface area contributed by atoms with Crippen molar-refractivity contribution in [2.24, 2.45) is 0 Å². The first kappa shape index (κ1) is 13.5. The number of amides is 1. The SMILES string of the molecule is CCNC(=O)c1ccc(C(C)C(F)(F)F)cc1. The van der Waals surface area contributed by atoms with Gasteiger partial charge in [-0.3, -0.25) is 4.79 Å². The predicted octanol–water partition coefficient (Wildman–Crippen LogP) is 3.10. The molecule has 0 radical (unpaired) electrons. The molecule has 1 aromatic rings. The molecule has 0 aliphatic rings.